The van der Waals surface area contributed by atoms with Crippen LogP contribution in [0, 0.1) is 35.5 Å². The fourth-order valence-electron chi connectivity index (χ4n) is 11.2. The van der Waals surface area contributed by atoms with E-state index in [1.54, 1.807) is 66.0 Å². The van der Waals surface area contributed by atoms with E-state index in [0.717, 1.165) is 6.42 Å². The maximum absolute atomic E-state index is 14.5. The third kappa shape index (κ3) is 16.4. The van der Waals surface area contributed by atoms with Crippen molar-refractivity contribution in [3.05, 3.63) is 35.5 Å². The maximum atomic E-state index is 14.5. The molecule has 4 rings (SSSR count). The van der Waals surface area contributed by atoms with Gasteiger partial charge in [-0.05, 0) is 114 Å². The topological polar surface area (TPSA) is 234 Å². The van der Waals surface area contributed by atoms with E-state index >= 15 is 0 Å². The molecule has 1 saturated carbocycles. The van der Waals surface area contributed by atoms with E-state index in [1.165, 1.54) is 19.1 Å². The summed E-state index contributed by atoms with van der Waals surface area (Å²) in [5.74, 6) is -8.68. The van der Waals surface area contributed by atoms with Gasteiger partial charge < -0.3 is 58.5 Å². The monoisotopic (exact) mass is 1020 g/mol. The number of aliphatic hydroxyl groups excluding tert-OH is 3. The van der Waals surface area contributed by atoms with Crippen LogP contribution in [0.5, 0.6) is 0 Å². The van der Waals surface area contributed by atoms with Crippen LogP contribution in [0.4, 0.5) is 0 Å². The molecule has 3 aliphatic heterocycles. The molecule has 2 bridgehead atoms. The number of fused-ring (bicyclic) bond motifs is 3. The summed E-state index contributed by atoms with van der Waals surface area (Å²) in [6, 6.07) is -1.18. The number of rotatable bonds is 11. The standard InChI is InChI=1S/C55H89NO16/c1-12-69-44-21-18-40(58)28-35(5)46(66-9)30-41-19-16-38(8)55(65,72-41)52(62)53(63)56-22-14-13-15-42(56)54(64)71-47(34(4)27-39-17-20-45(70-24-23-57)48(29-39)67-10)31-43(59)32(2)25-36(6)49(60)51(68-11)50(61)37(7)26-33(44)3/h18,21,25,28,32-34,37-42,44-49,51,57-58,60,65H,12-17,19-20,22-24,26-27,29-31H2,1-11H3/b21-18?,35-28?,36-25+/t32-,33+,34-,37-,38-,39?,40?,41+,42?,44?,45-,46+,47?,48-,49-,51-,55-/m1/s1. The van der Waals surface area contributed by atoms with Crippen molar-refractivity contribution < 1.29 is 77.6 Å². The highest BCUT2D eigenvalue weighted by Gasteiger charge is 2.53. The Morgan fingerprint density at radius 2 is 1.56 bits per heavy atom. The lowest BCUT2D eigenvalue weighted by Gasteiger charge is -2.42. The Morgan fingerprint density at radius 1 is 0.833 bits per heavy atom. The first-order chi connectivity index (χ1) is 34.1. The van der Waals surface area contributed by atoms with E-state index in [2.05, 4.69) is 0 Å². The predicted molar refractivity (Wildman–Crippen MR) is 268 cm³/mol. The summed E-state index contributed by atoms with van der Waals surface area (Å²) >= 11 is 0. The van der Waals surface area contributed by atoms with Crippen molar-refractivity contribution in [2.24, 2.45) is 35.5 Å². The smallest absolute Gasteiger partial charge is 0.329 e. The lowest BCUT2D eigenvalue weighted by Crippen LogP contribution is -2.61. The zero-order valence-electron chi connectivity index (χ0n) is 45.0. The van der Waals surface area contributed by atoms with E-state index in [-0.39, 0.29) is 80.5 Å². The molecule has 4 N–H and O–H groups in total. The molecule has 17 heteroatoms. The SMILES string of the molecule is CCOC1C=CC(O)C=C(C)[C@@H](OC)C[C@@H]2CC[C@@H](C)[C@@](O)(O2)C(=O)C(=O)N2CCCCC2C(=O)OC([C@H](C)CC2CC[C@@H](OCCO)[C@H](OC)C2)CC(=O)[C@H](C)/C=C(\C)[C@@H](O)[C@@H](OC)C(=O)[C@H](C)C[C@@H]1C. The summed E-state index contributed by atoms with van der Waals surface area (Å²) in [4.78, 5) is 72.6. The number of ketones is 3. The molecule has 2 saturated heterocycles. The Bertz CT molecular complexity index is 1870. The highest BCUT2D eigenvalue weighted by Crippen LogP contribution is 2.38. The molecular formula is C55H89NO16. The Labute approximate surface area is 428 Å². The minimum Gasteiger partial charge on any atom is -0.460 e. The van der Waals surface area contributed by atoms with E-state index in [9.17, 15) is 44.4 Å². The number of hydrogen-bond acceptors (Lipinski definition) is 16. The first-order valence-electron chi connectivity index (χ1n) is 26.5. The second-order valence-corrected chi connectivity index (χ2v) is 21.2. The normalized spacial score (nSPS) is 38.3. The van der Waals surface area contributed by atoms with Crippen molar-refractivity contribution in [3.63, 3.8) is 0 Å². The zero-order chi connectivity index (χ0) is 53.4. The van der Waals surface area contributed by atoms with Gasteiger partial charge in [-0.15, -0.1) is 0 Å². The number of hydrogen-bond donors (Lipinski definition) is 4. The highest BCUT2D eigenvalue weighted by atomic mass is 16.6. The number of carbonyl (C=O) groups excluding carboxylic acids is 5. The molecule has 4 aliphatic rings. The van der Waals surface area contributed by atoms with Gasteiger partial charge in [-0.3, -0.25) is 19.2 Å². The minimum absolute atomic E-state index is 0.0568. The molecule has 1 amide bonds. The molecule has 3 heterocycles. The van der Waals surface area contributed by atoms with Crippen LogP contribution in [0.25, 0.3) is 0 Å². The fourth-order valence-corrected chi connectivity index (χ4v) is 11.2. The number of aliphatic hydroxyl groups is 4. The van der Waals surface area contributed by atoms with E-state index in [0.29, 0.717) is 69.1 Å². The Balaban J connectivity index is 1.73. The predicted octanol–water partition coefficient (Wildman–Crippen LogP) is 5.41. The average molecular weight is 1020 g/mol. The van der Waals surface area contributed by atoms with Crippen molar-refractivity contribution in [2.45, 2.75) is 199 Å². The van der Waals surface area contributed by atoms with Crippen LogP contribution in [0.1, 0.15) is 132 Å². The number of carbonyl (C=O) groups is 5. The van der Waals surface area contributed by atoms with Crippen LogP contribution in [-0.2, 0) is 57.1 Å². The van der Waals surface area contributed by atoms with Crippen LogP contribution in [0.15, 0.2) is 35.5 Å². The number of cyclic esters (lactones) is 1. The minimum atomic E-state index is -2.50. The van der Waals surface area contributed by atoms with Crippen LogP contribution < -0.4 is 0 Å². The van der Waals surface area contributed by atoms with Gasteiger partial charge in [0, 0.05) is 65.1 Å². The summed E-state index contributed by atoms with van der Waals surface area (Å²) in [6.45, 7) is 14.8. The second kappa shape index (κ2) is 29.2. The van der Waals surface area contributed by atoms with E-state index < -0.39 is 90.0 Å². The number of Topliss-reactive ketones (excluding diaryl/α,β-unsaturated/α-hetero) is 3. The summed E-state index contributed by atoms with van der Waals surface area (Å²) in [6.07, 6.45) is 4.87. The third-order valence-electron chi connectivity index (χ3n) is 15.7. The molecule has 0 radical (unpaired) electrons. The van der Waals surface area contributed by atoms with Gasteiger partial charge in [0.2, 0.25) is 5.79 Å². The van der Waals surface area contributed by atoms with Crippen LogP contribution in [0.3, 0.4) is 0 Å². The number of amides is 1. The number of nitrogens with zero attached hydrogens (tertiary/aromatic N) is 1. The quantitative estimate of drug-likeness (QED) is 0.115. The van der Waals surface area contributed by atoms with Gasteiger partial charge in [-0.1, -0.05) is 58.9 Å². The largest absolute Gasteiger partial charge is 0.460 e. The first-order valence-corrected chi connectivity index (χ1v) is 26.5. The second-order valence-electron chi connectivity index (χ2n) is 21.2. The molecule has 410 valence electrons. The molecule has 0 aromatic carbocycles. The molecule has 72 heavy (non-hydrogen) atoms. The third-order valence-corrected chi connectivity index (χ3v) is 15.7. The Kier molecular flexibility index (Phi) is 24.8. The lowest BCUT2D eigenvalue weighted by atomic mass is 9.78. The number of allylic oxidation sites excluding steroid dienone is 1. The average Bonchev–Trinajstić information content (AvgIpc) is 3.36. The molecular weight excluding hydrogens is 931 g/mol. The van der Waals surface area contributed by atoms with Gasteiger partial charge in [0.15, 0.2) is 5.78 Å². The van der Waals surface area contributed by atoms with Crippen molar-refractivity contribution in [3.8, 4) is 0 Å². The summed E-state index contributed by atoms with van der Waals surface area (Å²) < 4.78 is 41.7. The van der Waals surface area contributed by atoms with Crippen LogP contribution in [-0.4, -0.2) is 169 Å². The fraction of sp³-hybridized carbons (Fsp3) is 0.800. The first kappa shape index (κ1) is 61.3. The van der Waals surface area contributed by atoms with E-state index in [4.69, 9.17) is 33.2 Å². The van der Waals surface area contributed by atoms with Crippen molar-refractivity contribution >= 4 is 29.2 Å². The maximum Gasteiger partial charge on any atom is 0.329 e. The Morgan fingerprint density at radius 3 is 2.21 bits per heavy atom. The number of piperidine rings is 1. The molecule has 1 aliphatic carbocycles. The Hall–Kier alpha value is -3.23. The molecule has 5 unspecified atom stereocenters. The molecule has 3 fully saturated rings. The number of esters is 1. The number of methoxy groups -OCH3 is 3. The van der Waals surface area contributed by atoms with E-state index in [1.807, 2.05) is 20.8 Å². The summed E-state index contributed by atoms with van der Waals surface area (Å²) in [5, 5.41) is 44.2. The highest BCUT2D eigenvalue weighted by molar-refractivity contribution is 6.39. The zero-order valence-corrected chi connectivity index (χ0v) is 45.0. The molecule has 17 atom stereocenters. The molecule has 17 nitrogen and oxygen atoms in total. The van der Waals surface area contributed by atoms with Gasteiger partial charge >= 0.3 is 5.97 Å². The summed E-state index contributed by atoms with van der Waals surface area (Å²) in [7, 11) is 4.49. The van der Waals surface area contributed by atoms with Crippen LogP contribution in [0.2, 0.25) is 0 Å². The van der Waals surface area contributed by atoms with Gasteiger partial charge in [0.1, 0.15) is 30.1 Å². The molecule has 0 aromatic rings. The summed E-state index contributed by atoms with van der Waals surface area (Å²) in [5.41, 5.74) is 1.01. The van der Waals surface area contributed by atoms with Crippen molar-refractivity contribution in [1.29, 1.82) is 0 Å². The van der Waals surface area contributed by atoms with Crippen molar-refractivity contribution in [2.75, 3.05) is 47.7 Å². The van der Waals surface area contributed by atoms with Crippen LogP contribution >= 0.6 is 0 Å². The van der Waals surface area contributed by atoms with Gasteiger partial charge in [0.25, 0.3) is 11.7 Å². The molecule has 0 aromatic heterocycles. The van der Waals surface area contributed by atoms with Gasteiger partial charge in [-0.25, -0.2) is 4.79 Å². The van der Waals surface area contributed by atoms with Crippen molar-refractivity contribution in [1.82, 2.24) is 4.90 Å². The van der Waals surface area contributed by atoms with Gasteiger partial charge in [0.05, 0.1) is 49.8 Å². The number of ether oxygens (including phenoxy) is 7. The lowest BCUT2D eigenvalue weighted by molar-refractivity contribution is -0.265. The molecule has 0 spiro atoms. The van der Waals surface area contributed by atoms with Gasteiger partial charge in [-0.2, -0.15) is 0 Å².